The van der Waals surface area contributed by atoms with E-state index in [2.05, 4.69) is 0 Å². The number of likely N-dealkylation sites (N-methyl/N-ethyl adjacent to an activating group) is 2. The SMILES string of the molecule is CN1CCN(C)C1=O.[LiH]. The Morgan fingerprint density at radius 1 is 1.22 bits per heavy atom. The molecule has 1 aliphatic heterocycles. The van der Waals surface area contributed by atoms with Crippen molar-refractivity contribution in [2.45, 2.75) is 0 Å². The van der Waals surface area contributed by atoms with Crippen LogP contribution in [0.1, 0.15) is 0 Å². The second-order valence-corrected chi connectivity index (χ2v) is 2.13. The van der Waals surface area contributed by atoms with Gasteiger partial charge in [0.05, 0.1) is 0 Å². The van der Waals surface area contributed by atoms with Gasteiger partial charge in [-0.3, -0.25) is 0 Å². The van der Waals surface area contributed by atoms with Crippen molar-refractivity contribution >= 4 is 24.9 Å². The van der Waals surface area contributed by atoms with Crippen LogP contribution in [0.25, 0.3) is 0 Å². The number of urea groups is 1. The van der Waals surface area contributed by atoms with Crippen LogP contribution in [0.15, 0.2) is 0 Å². The molecule has 1 fully saturated rings. The van der Waals surface area contributed by atoms with Gasteiger partial charge in [-0.15, -0.1) is 0 Å². The normalized spacial score (nSPS) is 18.2. The Bertz CT molecular complexity index is 106. The third kappa shape index (κ3) is 1.64. The molecule has 0 N–H and O–H groups in total. The number of rotatable bonds is 0. The number of carbonyl (C=O) groups excluding carboxylic acids is 1. The minimum atomic E-state index is 0. The van der Waals surface area contributed by atoms with E-state index >= 15 is 0 Å². The Hall–Kier alpha value is -0.133. The summed E-state index contributed by atoms with van der Waals surface area (Å²) in [6.07, 6.45) is 0. The quantitative estimate of drug-likeness (QED) is 0.391. The Balaban J connectivity index is 0.000000640. The molecule has 0 unspecified atom stereocenters. The van der Waals surface area contributed by atoms with Crippen LogP contribution in [-0.2, 0) is 0 Å². The van der Waals surface area contributed by atoms with Crippen LogP contribution in [0, 0.1) is 0 Å². The Morgan fingerprint density at radius 2 is 1.56 bits per heavy atom. The average molecular weight is 122 g/mol. The first-order valence-corrected chi connectivity index (χ1v) is 2.68. The molecule has 0 aliphatic carbocycles. The number of nitrogens with zero attached hydrogens (tertiary/aromatic N) is 2. The van der Waals surface area contributed by atoms with Crippen LogP contribution in [0.2, 0.25) is 0 Å². The van der Waals surface area contributed by atoms with Crippen molar-refractivity contribution in [3.63, 3.8) is 0 Å². The molecule has 48 valence electrons. The summed E-state index contributed by atoms with van der Waals surface area (Å²) in [6.45, 7) is 1.74. The van der Waals surface area contributed by atoms with E-state index in [0.29, 0.717) is 0 Å². The Kier molecular flexibility index (Phi) is 3.10. The summed E-state index contributed by atoms with van der Waals surface area (Å²) >= 11 is 0. The molecule has 0 aromatic heterocycles. The van der Waals surface area contributed by atoms with E-state index < -0.39 is 0 Å². The predicted molar refractivity (Wildman–Crippen MR) is 37.8 cm³/mol. The molecule has 0 aromatic rings. The predicted octanol–water partition coefficient (Wildman–Crippen LogP) is -0.665. The molecular weight excluding hydrogens is 111 g/mol. The fourth-order valence-corrected chi connectivity index (χ4v) is 0.783. The average Bonchev–Trinajstić information content (AvgIpc) is 1.98. The Labute approximate surface area is 67.2 Å². The van der Waals surface area contributed by atoms with E-state index in [1.807, 2.05) is 14.1 Å². The molecule has 0 radical (unpaired) electrons. The van der Waals surface area contributed by atoms with Gasteiger partial charge in [-0.05, 0) is 0 Å². The van der Waals surface area contributed by atoms with E-state index in [-0.39, 0.29) is 24.9 Å². The molecule has 1 rings (SSSR count). The molecule has 3 nitrogen and oxygen atoms in total. The van der Waals surface area contributed by atoms with Crippen molar-refractivity contribution in [3.8, 4) is 0 Å². The second-order valence-electron chi connectivity index (χ2n) is 2.13. The summed E-state index contributed by atoms with van der Waals surface area (Å²) in [5, 5.41) is 0. The third-order valence-corrected chi connectivity index (χ3v) is 1.42. The first-order chi connectivity index (χ1) is 3.72. The molecule has 1 aliphatic rings. The molecule has 4 heteroatoms. The molecule has 1 saturated heterocycles. The molecule has 0 aromatic carbocycles. The van der Waals surface area contributed by atoms with Crippen LogP contribution < -0.4 is 0 Å². The summed E-state index contributed by atoms with van der Waals surface area (Å²) in [5.41, 5.74) is 0. The first-order valence-electron chi connectivity index (χ1n) is 2.68. The van der Waals surface area contributed by atoms with Crippen LogP contribution in [0.3, 0.4) is 0 Å². The van der Waals surface area contributed by atoms with E-state index in [1.54, 1.807) is 9.80 Å². The van der Waals surface area contributed by atoms with Gasteiger partial charge < -0.3 is 9.80 Å². The van der Waals surface area contributed by atoms with Crippen LogP contribution in [0.5, 0.6) is 0 Å². The monoisotopic (exact) mass is 122 g/mol. The van der Waals surface area contributed by atoms with Crippen molar-refractivity contribution in [2.75, 3.05) is 27.2 Å². The molecule has 0 bridgehead atoms. The number of hydrogen-bond donors (Lipinski definition) is 0. The number of carbonyl (C=O) groups is 1. The van der Waals surface area contributed by atoms with Gasteiger partial charge in [-0.25, -0.2) is 4.79 Å². The van der Waals surface area contributed by atoms with Crippen LogP contribution in [-0.4, -0.2) is 61.9 Å². The van der Waals surface area contributed by atoms with Crippen molar-refractivity contribution in [1.29, 1.82) is 0 Å². The third-order valence-electron chi connectivity index (χ3n) is 1.42. The van der Waals surface area contributed by atoms with Gasteiger partial charge >= 0.3 is 24.9 Å². The van der Waals surface area contributed by atoms with Crippen molar-refractivity contribution in [1.82, 2.24) is 9.80 Å². The van der Waals surface area contributed by atoms with Crippen molar-refractivity contribution in [3.05, 3.63) is 0 Å². The summed E-state index contributed by atoms with van der Waals surface area (Å²) < 4.78 is 0. The van der Waals surface area contributed by atoms with E-state index in [4.69, 9.17) is 0 Å². The molecule has 0 spiro atoms. The van der Waals surface area contributed by atoms with Gasteiger partial charge in [0.2, 0.25) is 0 Å². The van der Waals surface area contributed by atoms with Gasteiger partial charge in [-0.2, -0.15) is 0 Å². The fraction of sp³-hybridized carbons (Fsp3) is 0.800. The maximum absolute atomic E-state index is 10.8. The standard InChI is InChI=1S/C5H10N2O.Li.H/c1-6-3-4-7(2)5(6)8;;/h3-4H2,1-2H3;;. The molecule has 2 amide bonds. The van der Waals surface area contributed by atoms with E-state index in [1.165, 1.54) is 0 Å². The maximum atomic E-state index is 10.8. The van der Waals surface area contributed by atoms with Gasteiger partial charge in [0.25, 0.3) is 0 Å². The van der Waals surface area contributed by atoms with Gasteiger partial charge in [0.15, 0.2) is 0 Å². The summed E-state index contributed by atoms with van der Waals surface area (Å²) in [7, 11) is 3.62. The number of hydrogen-bond acceptors (Lipinski definition) is 1. The van der Waals surface area contributed by atoms with E-state index in [0.717, 1.165) is 13.1 Å². The van der Waals surface area contributed by atoms with Gasteiger partial charge in [0, 0.05) is 27.2 Å². The zero-order valence-electron chi connectivity index (χ0n) is 5.22. The van der Waals surface area contributed by atoms with Crippen molar-refractivity contribution in [2.24, 2.45) is 0 Å². The van der Waals surface area contributed by atoms with Gasteiger partial charge in [-0.1, -0.05) is 0 Å². The van der Waals surface area contributed by atoms with Crippen LogP contribution in [0.4, 0.5) is 4.79 Å². The van der Waals surface area contributed by atoms with Crippen LogP contribution >= 0.6 is 0 Å². The van der Waals surface area contributed by atoms with Gasteiger partial charge in [0.1, 0.15) is 0 Å². The molecule has 0 saturated carbocycles. The first kappa shape index (κ1) is 8.87. The molecular formula is C5H11LiN2O. The summed E-state index contributed by atoms with van der Waals surface area (Å²) in [4.78, 5) is 14.2. The molecule has 1 heterocycles. The Morgan fingerprint density at radius 3 is 1.67 bits per heavy atom. The van der Waals surface area contributed by atoms with E-state index in [9.17, 15) is 4.79 Å². The molecule has 9 heavy (non-hydrogen) atoms. The summed E-state index contributed by atoms with van der Waals surface area (Å²) in [5.74, 6) is 0. The second kappa shape index (κ2) is 3.14. The van der Waals surface area contributed by atoms with Crippen molar-refractivity contribution < 1.29 is 4.79 Å². The minimum absolute atomic E-state index is 0. The zero-order valence-corrected chi connectivity index (χ0v) is 5.22. The summed E-state index contributed by atoms with van der Waals surface area (Å²) in [6, 6.07) is 0.130. The molecule has 0 atom stereocenters. The fourth-order valence-electron chi connectivity index (χ4n) is 0.783. The number of amides is 2. The zero-order chi connectivity index (χ0) is 6.15. The topological polar surface area (TPSA) is 23.6 Å².